The summed E-state index contributed by atoms with van der Waals surface area (Å²) in [5, 5.41) is 11.8. The van der Waals surface area contributed by atoms with Crippen molar-refractivity contribution in [3.63, 3.8) is 0 Å². The van der Waals surface area contributed by atoms with Crippen LogP contribution in [0.4, 0.5) is 0 Å². The summed E-state index contributed by atoms with van der Waals surface area (Å²) in [5.41, 5.74) is 0. The summed E-state index contributed by atoms with van der Waals surface area (Å²) in [6.45, 7) is 4.64. The number of quaternary nitrogens is 1. The number of carbonyl (C=O) groups excluding carboxylic acids is 3. The van der Waals surface area contributed by atoms with Crippen LogP contribution < -0.4 is 5.11 Å². The molecule has 0 aliphatic heterocycles. The quantitative estimate of drug-likeness (QED) is 0.0195. The van der Waals surface area contributed by atoms with Crippen LogP contribution in [0.15, 0.2) is 97.2 Å². The average Bonchev–Trinajstić information content (AvgIpc) is 3.54. The maximum Gasteiger partial charge on any atom is 0.306 e. The number of likely N-dealkylation sites (N-methyl/N-ethyl adjacent to an activating group) is 1. The Morgan fingerprint density at radius 1 is 0.352 bits per heavy atom. The van der Waals surface area contributed by atoms with Gasteiger partial charge in [0.15, 0.2) is 12.4 Å². The highest BCUT2D eigenvalue weighted by atomic mass is 16.7. The topological polar surface area (TPSA) is 111 Å². The van der Waals surface area contributed by atoms with Gasteiger partial charge in [0.25, 0.3) is 0 Å². The summed E-state index contributed by atoms with van der Waals surface area (Å²) < 4.78 is 22.8. The van der Waals surface area contributed by atoms with Crippen molar-refractivity contribution in [3.8, 4) is 0 Å². The molecular formula is C79H139NO8. The zero-order valence-electron chi connectivity index (χ0n) is 58.1. The van der Waals surface area contributed by atoms with Gasteiger partial charge in [-0.1, -0.05) is 336 Å². The fraction of sp³-hybridized carbons (Fsp3) is 0.759. The highest BCUT2D eigenvalue weighted by Gasteiger charge is 2.22. The van der Waals surface area contributed by atoms with Crippen molar-refractivity contribution in [2.75, 3.05) is 47.5 Å². The second-order valence-electron chi connectivity index (χ2n) is 25.9. The Morgan fingerprint density at radius 2 is 0.648 bits per heavy atom. The molecule has 0 spiro atoms. The van der Waals surface area contributed by atoms with Gasteiger partial charge in [-0.25, -0.2) is 0 Å². The maximum absolute atomic E-state index is 12.9. The predicted molar refractivity (Wildman–Crippen MR) is 375 cm³/mol. The van der Waals surface area contributed by atoms with E-state index in [1.807, 2.05) is 21.1 Å². The number of unbranched alkanes of at least 4 members (excludes halogenated alkanes) is 37. The van der Waals surface area contributed by atoms with Crippen LogP contribution in [0.1, 0.15) is 328 Å². The van der Waals surface area contributed by atoms with Crippen LogP contribution in [-0.4, -0.2) is 82.3 Å². The number of aliphatic carboxylic acids is 1. The summed E-state index contributed by atoms with van der Waals surface area (Å²) >= 11 is 0. The average molecular weight is 1230 g/mol. The van der Waals surface area contributed by atoms with E-state index in [0.29, 0.717) is 17.4 Å². The Morgan fingerprint density at radius 3 is 0.966 bits per heavy atom. The molecule has 0 saturated carbocycles. The third kappa shape index (κ3) is 69.7. The zero-order valence-corrected chi connectivity index (χ0v) is 58.1. The molecule has 0 N–H and O–H groups in total. The molecule has 0 aromatic rings. The van der Waals surface area contributed by atoms with Crippen molar-refractivity contribution in [2.45, 2.75) is 341 Å². The smallest absolute Gasteiger partial charge is 0.306 e. The van der Waals surface area contributed by atoms with Gasteiger partial charge in [-0.05, 0) is 77.0 Å². The summed E-state index contributed by atoms with van der Waals surface area (Å²) in [7, 11) is 5.92. The highest BCUT2D eigenvalue weighted by molar-refractivity contribution is 5.70. The van der Waals surface area contributed by atoms with Crippen molar-refractivity contribution in [1.82, 2.24) is 0 Å². The fourth-order valence-corrected chi connectivity index (χ4v) is 10.5. The SMILES string of the molecule is CC/C=C\C/C=C\C/C=C\C/C=C\C/C=C\C/C=C\C/C=C\C/C=C\CCCCCCC(=O)OC(COC(=O)CCCCCCCCCCCCCCCCCCCCCCCCCCCCCCCCCCCC)COC(OCC[N+](C)(C)C)C(=O)[O-]. The molecule has 2 unspecified atom stereocenters. The molecule has 508 valence electrons. The van der Waals surface area contributed by atoms with Gasteiger partial charge >= 0.3 is 11.9 Å². The predicted octanol–water partition coefficient (Wildman–Crippen LogP) is 21.9. The third-order valence-corrected chi connectivity index (χ3v) is 16.1. The molecule has 0 rings (SSSR count). The maximum atomic E-state index is 12.9. The van der Waals surface area contributed by atoms with E-state index in [0.717, 1.165) is 96.3 Å². The molecule has 0 radical (unpaired) electrons. The molecule has 88 heavy (non-hydrogen) atoms. The minimum Gasteiger partial charge on any atom is -0.545 e. The monoisotopic (exact) mass is 1230 g/mol. The second-order valence-corrected chi connectivity index (χ2v) is 25.9. The van der Waals surface area contributed by atoms with Crippen LogP contribution in [0, 0.1) is 0 Å². The Balaban J connectivity index is 4.11. The first-order valence-electron chi connectivity index (χ1n) is 36.9. The lowest BCUT2D eigenvalue weighted by Crippen LogP contribution is -2.44. The van der Waals surface area contributed by atoms with E-state index in [-0.39, 0.29) is 38.6 Å². The number of nitrogens with zero attached hydrogens (tertiary/aromatic N) is 1. The molecule has 0 amide bonds. The van der Waals surface area contributed by atoms with Gasteiger partial charge in [-0.15, -0.1) is 0 Å². The summed E-state index contributed by atoms with van der Waals surface area (Å²) in [5.74, 6) is -2.31. The van der Waals surface area contributed by atoms with Crippen LogP contribution in [0.3, 0.4) is 0 Å². The standard InChI is InChI=1S/C79H139NO8/c1-6-8-10-12-14-16-18-20-22-24-26-28-30-32-34-36-37-38-39-40-42-43-45-47-49-51-53-55-57-59-61-63-65-67-69-76(81)86-73-75(74-87-79(78(83)84)85-72-71-80(3,4)5)88-77(82)70-68-66-64-62-60-58-56-54-52-50-48-46-44-41-35-33-31-29-27-25-23-21-19-17-15-13-11-9-7-2/h9,11,15,17,21,23,27,29,33,35,44,46,50,52,56,58,75,79H,6-8,10,12-14,16,18-20,22,24-26,28,30-32,34,36-43,45,47-49,51,53-55,57,59-74H2,1-5H3/b11-9-,17-15-,23-21-,29-27-,35-33-,46-44-,52-50-,58-56-. The van der Waals surface area contributed by atoms with Crippen LogP contribution in [0.2, 0.25) is 0 Å². The zero-order chi connectivity index (χ0) is 64.0. The number of rotatable bonds is 68. The lowest BCUT2D eigenvalue weighted by molar-refractivity contribution is -0.870. The third-order valence-electron chi connectivity index (χ3n) is 16.1. The van der Waals surface area contributed by atoms with E-state index in [4.69, 9.17) is 18.9 Å². The number of carbonyl (C=O) groups is 3. The van der Waals surface area contributed by atoms with Crippen molar-refractivity contribution in [2.24, 2.45) is 0 Å². The fourth-order valence-electron chi connectivity index (χ4n) is 10.5. The van der Waals surface area contributed by atoms with Gasteiger partial charge < -0.3 is 33.3 Å². The molecule has 9 heteroatoms. The largest absolute Gasteiger partial charge is 0.545 e. The number of allylic oxidation sites excluding steroid dienone is 16. The van der Waals surface area contributed by atoms with E-state index in [1.165, 1.54) is 199 Å². The number of hydrogen-bond donors (Lipinski definition) is 0. The van der Waals surface area contributed by atoms with Gasteiger partial charge in [0.2, 0.25) is 0 Å². The van der Waals surface area contributed by atoms with Crippen molar-refractivity contribution in [1.29, 1.82) is 0 Å². The minimum atomic E-state index is -1.63. The molecule has 0 aromatic carbocycles. The van der Waals surface area contributed by atoms with Crippen molar-refractivity contribution < 1.29 is 42.9 Å². The van der Waals surface area contributed by atoms with Crippen LogP contribution >= 0.6 is 0 Å². The first-order chi connectivity index (χ1) is 43.1. The van der Waals surface area contributed by atoms with Crippen molar-refractivity contribution >= 4 is 17.9 Å². The first-order valence-corrected chi connectivity index (χ1v) is 36.9. The van der Waals surface area contributed by atoms with Gasteiger partial charge in [0.05, 0.1) is 40.3 Å². The van der Waals surface area contributed by atoms with Crippen molar-refractivity contribution in [3.05, 3.63) is 97.2 Å². The summed E-state index contributed by atoms with van der Waals surface area (Å²) in [6, 6.07) is 0. The molecule has 0 aliphatic carbocycles. The minimum absolute atomic E-state index is 0.139. The number of hydrogen-bond acceptors (Lipinski definition) is 8. The Bertz CT molecular complexity index is 1770. The van der Waals surface area contributed by atoms with Gasteiger partial charge in [0, 0.05) is 12.8 Å². The molecular weight excluding hydrogens is 1090 g/mol. The Hall–Kier alpha value is -3.79. The number of ether oxygens (including phenoxy) is 4. The van der Waals surface area contributed by atoms with E-state index in [2.05, 4.69) is 111 Å². The van der Waals surface area contributed by atoms with E-state index < -0.39 is 24.3 Å². The lowest BCUT2D eigenvalue weighted by atomic mass is 10.0. The second kappa shape index (κ2) is 69.1. The number of carboxylic acids is 1. The molecule has 2 atom stereocenters. The van der Waals surface area contributed by atoms with Crippen LogP contribution in [0.5, 0.6) is 0 Å². The molecule has 0 heterocycles. The molecule has 0 aromatic heterocycles. The molecule has 0 bridgehead atoms. The summed E-state index contributed by atoms with van der Waals surface area (Å²) in [4.78, 5) is 37.5. The van der Waals surface area contributed by atoms with E-state index in [9.17, 15) is 19.5 Å². The summed E-state index contributed by atoms with van der Waals surface area (Å²) in [6.07, 6.45) is 92.3. The van der Waals surface area contributed by atoms with E-state index in [1.54, 1.807) is 0 Å². The lowest BCUT2D eigenvalue weighted by Gasteiger charge is -2.26. The first kappa shape index (κ1) is 84.2. The molecule has 0 saturated heterocycles. The van der Waals surface area contributed by atoms with Gasteiger partial charge in [-0.3, -0.25) is 9.59 Å². The van der Waals surface area contributed by atoms with Gasteiger partial charge in [0.1, 0.15) is 13.2 Å². The van der Waals surface area contributed by atoms with Crippen LogP contribution in [-0.2, 0) is 33.3 Å². The van der Waals surface area contributed by atoms with Crippen LogP contribution in [0.25, 0.3) is 0 Å². The molecule has 9 nitrogen and oxygen atoms in total. The Kier molecular flexibility index (Phi) is 66.1. The highest BCUT2D eigenvalue weighted by Crippen LogP contribution is 2.18. The molecule has 0 fully saturated rings. The van der Waals surface area contributed by atoms with E-state index >= 15 is 0 Å². The normalized spacial score (nSPS) is 13.2. The van der Waals surface area contributed by atoms with Gasteiger partial charge in [-0.2, -0.15) is 0 Å². The Labute approximate surface area is 543 Å². The number of carboxylic acid groups (broad SMARTS) is 1. The molecule has 0 aliphatic rings. The number of esters is 2.